The third-order valence-corrected chi connectivity index (χ3v) is 3.55. The van der Waals surface area contributed by atoms with Gasteiger partial charge in [-0.15, -0.1) is 4.91 Å². The first kappa shape index (κ1) is 19.7. The molecular weight excluding hydrogens is 316 g/mol. The van der Waals surface area contributed by atoms with E-state index < -0.39 is 24.2 Å². The molecule has 1 aromatic carbocycles. The van der Waals surface area contributed by atoms with Crippen molar-refractivity contribution in [1.29, 1.82) is 0 Å². The van der Waals surface area contributed by atoms with Crippen LogP contribution in [-0.4, -0.2) is 42.5 Å². The SMILES string of the molecule is CCOC(=O)C(Cc1c(C)cccc1N=O)(NCO)C(=O)OCC. The lowest BCUT2D eigenvalue weighted by Gasteiger charge is -2.30. The summed E-state index contributed by atoms with van der Waals surface area (Å²) in [4.78, 5) is 36.0. The Morgan fingerprint density at radius 3 is 2.25 bits per heavy atom. The number of nitrogens with one attached hydrogen (secondary N) is 1. The van der Waals surface area contributed by atoms with Crippen LogP contribution in [0.3, 0.4) is 0 Å². The van der Waals surface area contributed by atoms with E-state index in [1.165, 1.54) is 6.07 Å². The van der Waals surface area contributed by atoms with Crippen LogP contribution >= 0.6 is 0 Å². The summed E-state index contributed by atoms with van der Waals surface area (Å²) in [5.41, 5.74) is -0.793. The minimum absolute atomic E-state index is 0.0413. The van der Waals surface area contributed by atoms with Crippen molar-refractivity contribution in [2.24, 2.45) is 5.18 Å². The number of aryl methyl sites for hydroxylation is 1. The highest BCUT2D eigenvalue weighted by Gasteiger charge is 2.49. The van der Waals surface area contributed by atoms with Gasteiger partial charge in [0.1, 0.15) is 5.69 Å². The zero-order valence-corrected chi connectivity index (χ0v) is 14.0. The lowest BCUT2D eigenvalue weighted by molar-refractivity contribution is -0.167. The van der Waals surface area contributed by atoms with Crippen LogP contribution in [-0.2, 0) is 25.5 Å². The van der Waals surface area contributed by atoms with Crippen molar-refractivity contribution >= 4 is 17.6 Å². The number of carbonyl (C=O) groups is 2. The summed E-state index contributed by atoms with van der Waals surface area (Å²) >= 11 is 0. The Hall–Kier alpha value is -2.32. The van der Waals surface area contributed by atoms with Crippen LogP contribution in [0.4, 0.5) is 5.69 Å². The third kappa shape index (κ3) is 4.15. The summed E-state index contributed by atoms with van der Waals surface area (Å²) < 4.78 is 9.98. The summed E-state index contributed by atoms with van der Waals surface area (Å²) in [5.74, 6) is -1.78. The number of hydrogen-bond donors (Lipinski definition) is 2. The molecule has 0 aliphatic carbocycles. The maximum Gasteiger partial charge on any atom is 0.338 e. The van der Waals surface area contributed by atoms with Crippen molar-refractivity contribution in [3.63, 3.8) is 0 Å². The van der Waals surface area contributed by atoms with Gasteiger partial charge in [-0.1, -0.05) is 12.1 Å². The first-order valence-electron chi connectivity index (χ1n) is 7.59. The van der Waals surface area contributed by atoms with Gasteiger partial charge in [-0.2, -0.15) is 0 Å². The van der Waals surface area contributed by atoms with E-state index in [1.54, 1.807) is 32.9 Å². The average molecular weight is 338 g/mol. The molecule has 0 aliphatic rings. The van der Waals surface area contributed by atoms with Gasteiger partial charge >= 0.3 is 11.9 Å². The maximum atomic E-state index is 12.5. The number of hydrogen-bond acceptors (Lipinski definition) is 8. The monoisotopic (exact) mass is 338 g/mol. The fraction of sp³-hybridized carbons (Fsp3) is 0.500. The predicted octanol–water partition coefficient (Wildman–Crippen LogP) is 1.34. The number of benzene rings is 1. The number of esters is 2. The molecule has 8 heteroatoms. The second-order valence-electron chi connectivity index (χ2n) is 5.02. The van der Waals surface area contributed by atoms with Crippen LogP contribution in [0.5, 0.6) is 0 Å². The Morgan fingerprint density at radius 1 is 1.21 bits per heavy atom. The molecule has 0 radical (unpaired) electrons. The van der Waals surface area contributed by atoms with Crippen LogP contribution in [0.1, 0.15) is 25.0 Å². The number of ether oxygens (including phenoxy) is 2. The van der Waals surface area contributed by atoms with Gasteiger partial charge in [0, 0.05) is 6.42 Å². The van der Waals surface area contributed by atoms with Crippen molar-refractivity contribution in [3.05, 3.63) is 34.2 Å². The molecule has 0 saturated heterocycles. The molecule has 24 heavy (non-hydrogen) atoms. The Morgan fingerprint density at radius 2 is 1.79 bits per heavy atom. The molecule has 0 aromatic heterocycles. The largest absolute Gasteiger partial charge is 0.464 e. The quantitative estimate of drug-likeness (QED) is 0.302. The van der Waals surface area contributed by atoms with Crippen LogP contribution in [0.15, 0.2) is 23.4 Å². The minimum Gasteiger partial charge on any atom is -0.464 e. The van der Waals surface area contributed by atoms with Gasteiger partial charge in [-0.05, 0) is 43.1 Å². The van der Waals surface area contributed by atoms with Crippen LogP contribution in [0, 0.1) is 11.8 Å². The first-order chi connectivity index (χ1) is 11.5. The Labute approximate surface area is 140 Å². The molecule has 0 amide bonds. The topological polar surface area (TPSA) is 114 Å². The van der Waals surface area contributed by atoms with Gasteiger partial charge < -0.3 is 14.6 Å². The molecule has 0 spiro atoms. The van der Waals surface area contributed by atoms with E-state index in [0.29, 0.717) is 11.1 Å². The average Bonchev–Trinajstić information content (AvgIpc) is 2.56. The molecule has 1 rings (SSSR count). The fourth-order valence-corrected chi connectivity index (χ4v) is 2.35. The molecule has 0 atom stereocenters. The fourth-order valence-electron chi connectivity index (χ4n) is 2.35. The van der Waals surface area contributed by atoms with E-state index in [2.05, 4.69) is 10.5 Å². The van der Waals surface area contributed by atoms with Crippen molar-refractivity contribution in [1.82, 2.24) is 5.32 Å². The molecule has 0 heterocycles. The zero-order valence-electron chi connectivity index (χ0n) is 14.0. The molecule has 0 unspecified atom stereocenters. The third-order valence-electron chi connectivity index (χ3n) is 3.55. The van der Waals surface area contributed by atoms with Crippen LogP contribution in [0.25, 0.3) is 0 Å². The highest BCUT2D eigenvalue weighted by molar-refractivity contribution is 6.05. The number of carbonyl (C=O) groups excluding carboxylic acids is 2. The second-order valence-corrected chi connectivity index (χ2v) is 5.02. The number of rotatable bonds is 9. The van der Waals surface area contributed by atoms with Gasteiger partial charge in [0.25, 0.3) is 0 Å². The molecular formula is C16H22N2O6. The first-order valence-corrected chi connectivity index (χ1v) is 7.59. The Bertz CT molecular complexity index is 584. The number of nitroso groups, excluding NO2 is 1. The standard InChI is InChI=1S/C16H22N2O6/c1-4-23-14(20)16(17-10-19,15(21)24-5-2)9-12-11(3)7-6-8-13(12)18-22/h6-8,17,19H,4-5,9-10H2,1-3H3. The summed E-state index contributed by atoms with van der Waals surface area (Å²) in [6, 6.07) is 4.85. The van der Waals surface area contributed by atoms with Crippen LogP contribution in [0.2, 0.25) is 0 Å². The van der Waals surface area contributed by atoms with Crippen molar-refractivity contribution in [2.75, 3.05) is 19.9 Å². The van der Waals surface area contributed by atoms with Gasteiger partial charge in [-0.25, -0.2) is 9.59 Å². The molecule has 0 saturated carbocycles. The second kappa shape index (κ2) is 9.09. The molecule has 0 bridgehead atoms. The van der Waals surface area contributed by atoms with E-state index >= 15 is 0 Å². The molecule has 2 N–H and O–H groups in total. The molecule has 0 fully saturated rings. The normalized spacial score (nSPS) is 11.0. The van der Waals surface area contributed by atoms with Crippen molar-refractivity contribution in [2.45, 2.75) is 32.7 Å². The predicted molar refractivity (Wildman–Crippen MR) is 86.6 cm³/mol. The molecule has 1 aromatic rings. The summed E-state index contributed by atoms with van der Waals surface area (Å²) in [5, 5.41) is 14.7. The molecule has 132 valence electrons. The highest BCUT2D eigenvalue weighted by Crippen LogP contribution is 2.28. The zero-order chi connectivity index (χ0) is 18.2. The van der Waals surface area contributed by atoms with Crippen molar-refractivity contribution in [3.8, 4) is 0 Å². The molecule has 8 nitrogen and oxygen atoms in total. The van der Waals surface area contributed by atoms with E-state index in [9.17, 15) is 19.6 Å². The maximum absolute atomic E-state index is 12.5. The van der Waals surface area contributed by atoms with E-state index in [-0.39, 0.29) is 25.3 Å². The summed E-state index contributed by atoms with van der Waals surface area (Å²) in [6.07, 6.45) is -0.237. The van der Waals surface area contributed by atoms with Gasteiger partial charge in [0.2, 0.25) is 5.54 Å². The van der Waals surface area contributed by atoms with Crippen LogP contribution < -0.4 is 5.32 Å². The lowest BCUT2D eigenvalue weighted by Crippen LogP contribution is -2.61. The highest BCUT2D eigenvalue weighted by atomic mass is 16.6. The van der Waals surface area contributed by atoms with Gasteiger partial charge in [0.15, 0.2) is 0 Å². The number of aliphatic hydroxyl groups is 1. The molecule has 0 aliphatic heterocycles. The summed E-state index contributed by atoms with van der Waals surface area (Å²) in [6.45, 7) is 4.34. The van der Waals surface area contributed by atoms with E-state index in [1.807, 2.05) is 0 Å². The Balaban J connectivity index is 3.43. The van der Waals surface area contributed by atoms with E-state index in [0.717, 1.165) is 0 Å². The number of nitrogens with zero attached hydrogens (tertiary/aromatic N) is 1. The lowest BCUT2D eigenvalue weighted by atomic mass is 9.87. The number of aliphatic hydroxyl groups excluding tert-OH is 1. The van der Waals surface area contributed by atoms with Gasteiger partial charge in [-0.3, -0.25) is 5.32 Å². The van der Waals surface area contributed by atoms with Gasteiger partial charge in [0.05, 0.1) is 19.9 Å². The Kier molecular flexibility index (Phi) is 7.47. The van der Waals surface area contributed by atoms with Crippen molar-refractivity contribution < 1.29 is 24.2 Å². The smallest absolute Gasteiger partial charge is 0.338 e. The van der Waals surface area contributed by atoms with E-state index in [4.69, 9.17) is 9.47 Å². The minimum atomic E-state index is -1.97. The summed E-state index contributed by atoms with van der Waals surface area (Å²) in [7, 11) is 0.